The van der Waals surface area contributed by atoms with E-state index < -0.39 is 0 Å². The highest BCUT2D eigenvalue weighted by molar-refractivity contribution is 9.09. The van der Waals surface area contributed by atoms with Gasteiger partial charge in [-0.3, -0.25) is 4.79 Å². The Balaban J connectivity index is 1.27. The average molecular weight is 638 g/mol. The molecule has 0 bridgehead atoms. The topological polar surface area (TPSA) is 41.1 Å². The van der Waals surface area contributed by atoms with E-state index in [1.54, 1.807) is 23.5 Å². The molecule has 2 N–H and O–H groups in total. The molecule has 2 aliphatic rings. The van der Waals surface area contributed by atoms with Gasteiger partial charge in [0.15, 0.2) is 0 Å². The molecule has 2 unspecified atom stereocenters. The van der Waals surface area contributed by atoms with Gasteiger partial charge in [0, 0.05) is 30.2 Å². The van der Waals surface area contributed by atoms with E-state index in [-0.39, 0.29) is 17.6 Å². The summed E-state index contributed by atoms with van der Waals surface area (Å²) in [7, 11) is 0. The first-order valence-corrected chi connectivity index (χ1v) is 15.5. The van der Waals surface area contributed by atoms with E-state index in [2.05, 4.69) is 115 Å². The number of fused-ring (bicyclic) bond motifs is 4. The molecule has 0 aliphatic carbocycles. The van der Waals surface area contributed by atoms with Crippen molar-refractivity contribution in [3.8, 4) is 0 Å². The van der Waals surface area contributed by atoms with E-state index in [1.807, 2.05) is 12.1 Å². The lowest BCUT2D eigenvalue weighted by Gasteiger charge is -2.25. The SMILES string of the molecule is O=C(C(CBr)c1ccc2c(c1)Nc1ccccc1S2)C(CBr)c1ccc2c(c1)Nc1ccccc1S2. The first-order valence-electron chi connectivity index (χ1n) is 11.7. The number of hydrogen-bond acceptors (Lipinski definition) is 5. The lowest BCUT2D eigenvalue weighted by atomic mass is 9.85. The van der Waals surface area contributed by atoms with Gasteiger partial charge in [0.1, 0.15) is 5.78 Å². The molecule has 3 nitrogen and oxygen atoms in total. The predicted octanol–water partition coefficient (Wildman–Crippen LogP) is 9.33. The van der Waals surface area contributed by atoms with E-state index >= 15 is 0 Å². The number of Topliss-reactive ketones (excluding diaryl/α,β-unsaturated/α-hetero) is 1. The zero-order valence-corrected chi connectivity index (χ0v) is 23.9. The van der Waals surface area contributed by atoms with Crippen molar-refractivity contribution in [2.24, 2.45) is 0 Å². The van der Waals surface area contributed by atoms with Gasteiger partial charge in [0.05, 0.1) is 34.6 Å². The number of nitrogens with one attached hydrogen (secondary N) is 2. The van der Waals surface area contributed by atoms with E-state index in [4.69, 9.17) is 0 Å². The Hall–Kier alpha value is -2.19. The standard InChI is InChI=1S/C29H22Br2N2OS2/c30-15-19(17-9-11-27-23(13-17)32-21-5-1-3-7-25(21)35-27)29(34)20(16-31)18-10-12-28-24(14-18)33-22-6-2-4-8-26(22)36-28/h1-14,19-20,32-33H,15-16H2. The molecule has 4 aromatic carbocycles. The van der Waals surface area contributed by atoms with Crippen LogP contribution in [0.25, 0.3) is 0 Å². The summed E-state index contributed by atoms with van der Waals surface area (Å²) in [6, 6.07) is 29.3. The van der Waals surface area contributed by atoms with Crippen molar-refractivity contribution in [2.75, 3.05) is 21.3 Å². The summed E-state index contributed by atoms with van der Waals surface area (Å²) in [6.07, 6.45) is 0. The molecule has 4 aromatic rings. The number of ketones is 1. The minimum Gasteiger partial charge on any atom is -0.354 e. The summed E-state index contributed by atoms with van der Waals surface area (Å²) in [5.74, 6) is -0.293. The van der Waals surface area contributed by atoms with Gasteiger partial charge in [-0.25, -0.2) is 0 Å². The minimum atomic E-state index is -0.249. The molecule has 6 rings (SSSR count). The number of hydrogen-bond donors (Lipinski definition) is 2. The zero-order valence-electron chi connectivity index (χ0n) is 19.1. The third kappa shape index (κ3) is 4.51. The van der Waals surface area contributed by atoms with Crippen molar-refractivity contribution in [2.45, 2.75) is 31.4 Å². The molecule has 36 heavy (non-hydrogen) atoms. The molecule has 0 fully saturated rings. The highest BCUT2D eigenvalue weighted by Crippen LogP contribution is 2.47. The number of benzene rings is 4. The van der Waals surface area contributed by atoms with Gasteiger partial charge in [-0.1, -0.05) is 91.8 Å². The van der Waals surface area contributed by atoms with E-state index in [1.165, 1.54) is 19.6 Å². The van der Waals surface area contributed by atoms with Crippen LogP contribution in [0.5, 0.6) is 0 Å². The van der Waals surface area contributed by atoms with E-state index in [9.17, 15) is 4.79 Å². The summed E-state index contributed by atoms with van der Waals surface area (Å²) >= 11 is 10.8. The maximum absolute atomic E-state index is 13.9. The second-order valence-corrected chi connectivity index (χ2v) is 12.2. The van der Waals surface area contributed by atoms with Crippen LogP contribution in [0.4, 0.5) is 22.7 Å². The summed E-state index contributed by atoms with van der Waals surface area (Å²) in [5.41, 5.74) is 6.36. The molecular weight excluding hydrogens is 616 g/mol. The van der Waals surface area contributed by atoms with Crippen molar-refractivity contribution in [1.82, 2.24) is 0 Å². The lowest BCUT2D eigenvalue weighted by molar-refractivity contribution is -0.121. The second kappa shape index (κ2) is 10.3. The van der Waals surface area contributed by atoms with Crippen LogP contribution in [-0.2, 0) is 4.79 Å². The monoisotopic (exact) mass is 636 g/mol. The fourth-order valence-corrected chi connectivity index (χ4v) is 7.97. The Morgan fingerprint density at radius 3 is 1.47 bits per heavy atom. The largest absolute Gasteiger partial charge is 0.354 e. The van der Waals surface area contributed by atoms with Crippen LogP contribution < -0.4 is 10.6 Å². The molecule has 0 aromatic heterocycles. The van der Waals surface area contributed by atoms with Crippen molar-refractivity contribution in [3.63, 3.8) is 0 Å². The smallest absolute Gasteiger partial charge is 0.149 e. The second-order valence-electron chi connectivity index (χ2n) is 8.77. The molecule has 7 heteroatoms. The Bertz CT molecular complexity index is 1370. The number of carbonyl (C=O) groups is 1. The number of rotatable bonds is 6. The summed E-state index contributed by atoms with van der Waals surface area (Å²) in [6.45, 7) is 0. The van der Waals surface area contributed by atoms with Crippen molar-refractivity contribution < 1.29 is 4.79 Å². The molecule has 0 saturated heterocycles. The highest BCUT2D eigenvalue weighted by atomic mass is 79.9. The Morgan fingerprint density at radius 2 is 1.03 bits per heavy atom. The number of para-hydroxylation sites is 2. The molecular formula is C29H22Br2N2OS2. The van der Waals surface area contributed by atoms with Crippen LogP contribution in [0.2, 0.25) is 0 Å². The van der Waals surface area contributed by atoms with Crippen LogP contribution >= 0.6 is 55.4 Å². The Labute approximate surface area is 236 Å². The van der Waals surface area contributed by atoms with Gasteiger partial charge in [-0.05, 0) is 59.7 Å². The third-order valence-corrected chi connectivity index (χ3v) is 10.2. The predicted molar refractivity (Wildman–Crippen MR) is 159 cm³/mol. The molecule has 2 aliphatic heterocycles. The van der Waals surface area contributed by atoms with Gasteiger partial charge in [0.2, 0.25) is 0 Å². The molecule has 0 amide bonds. The van der Waals surface area contributed by atoms with Gasteiger partial charge in [-0.15, -0.1) is 0 Å². The van der Waals surface area contributed by atoms with Gasteiger partial charge < -0.3 is 10.6 Å². The number of alkyl halides is 2. The fourth-order valence-electron chi connectivity index (χ4n) is 4.65. The summed E-state index contributed by atoms with van der Waals surface area (Å²) in [4.78, 5) is 18.7. The molecule has 0 saturated carbocycles. The number of carbonyl (C=O) groups excluding carboxylic acids is 1. The normalized spacial score (nSPS) is 14.7. The fraction of sp³-hybridized carbons (Fsp3) is 0.138. The Kier molecular flexibility index (Phi) is 6.90. The van der Waals surface area contributed by atoms with Gasteiger partial charge >= 0.3 is 0 Å². The van der Waals surface area contributed by atoms with Crippen LogP contribution in [0.15, 0.2) is 105 Å². The van der Waals surface area contributed by atoms with Crippen LogP contribution in [0, 0.1) is 0 Å². The van der Waals surface area contributed by atoms with Crippen LogP contribution in [0.1, 0.15) is 23.0 Å². The van der Waals surface area contributed by atoms with E-state index in [0.29, 0.717) is 10.7 Å². The summed E-state index contributed by atoms with van der Waals surface area (Å²) in [5, 5.41) is 8.24. The molecule has 2 heterocycles. The number of anilines is 4. The van der Waals surface area contributed by atoms with Crippen molar-refractivity contribution in [1.29, 1.82) is 0 Å². The van der Waals surface area contributed by atoms with Crippen LogP contribution in [0.3, 0.4) is 0 Å². The maximum atomic E-state index is 13.9. The maximum Gasteiger partial charge on any atom is 0.149 e. The molecule has 2 atom stereocenters. The van der Waals surface area contributed by atoms with Crippen molar-refractivity contribution in [3.05, 3.63) is 96.1 Å². The average Bonchev–Trinajstić information content (AvgIpc) is 2.91. The molecule has 0 radical (unpaired) electrons. The first kappa shape index (κ1) is 24.2. The molecule has 180 valence electrons. The van der Waals surface area contributed by atoms with Gasteiger partial charge in [-0.2, -0.15) is 0 Å². The third-order valence-electron chi connectivity index (χ3n) is 6.56. The number of halogens is 2. The minimum absolute atomic E-state index is 0.205. The first-order chi connectivity index (χ1) is 17.6. The quantitative estimate of drug-likeness (QED) is 0.178. The van der Waals surface area contributed by atoms with E-state index in [0.717, 1.165) is 33.9 Å². The summed E-state index contributed by atoms with van der Waals surface area (Å²) < 4.78 is 0. The van der Waals surface area contributed by atoms with Crippen LogP contribution in [-0.4, -0.2) is 16.4 Å². The highest BCUT2D eigenvalue weighted by Gasteiger charge is 2.30. The lowest BCUT2D eigenvalue weighted by Crippen LogP contribution is -2.23. The van der Waals surface area contributed by atoms with Crippen molar-refractivity contribution >= 4 is 83.9 Å². The van der Waals surface area contributed by atoms with Gasteiger partial charge in [0.25, 0.3) is 0 Å². The zero-order chi connectivity index (χ0) is 24.6. The Morgan fingerprint density at radius 1 is 0.611 bits per heavy atom. The molecule has 0 spiro atoms.